The molecule has 0 heterocycles. The number of alkyl halides is 1. The summed E-state index contributed by atoms with van der Waals surface area (Å²) < 4.78 is 3.60. The molecule has 1 radical (unpaired) electrons. The van der Waals surface area contributed by atoms with Crippen LogP contribution in [0.5, 0.6) is 0 Å². The van der Waals surface area contributed by atoms with Crippen LogP contribution in [0, 0.1) is 35.6 Å². The first-order chi connectivity index (χ1) is 2.81. The molecule has 0 N–H and O–H groups in total. The minimum absolute atomic E-state index is 0. The fourth-order valence-electron chi connectivity index (χ4n) is 0.0206. The average molecular weight is 268 g/mol. The van der Waals surface area contributed by atoms with Crippen LogP contribution in [0.4, 0.5) is 0 Å². The second kappa shape index (κ2) is 7.24. The van der Waals surface area contributed by atoms with Crippen LogP contribution in [-0.4, -0.2) is 11.8 Å². The standard InChI is InChI=1S/C2H2Cl2O2.La/c3-1-2(5)6-4;/h1H2;. The van der Waals surface area contributed by atoms with Crippen molar-refractivity contribution in [1.29, 1.82) is 0 Å². The average Bonchev–Trinajstić information content (AvgIpc) is 1.65. The van der Waals surface area contributed by atoms with E-state index in [9.17, 15) is 4.79 Å². The van der Waals surface area contributed by atoms with Crippen molar-refractivity contribution in [2.45, 2.75) is 0 Å². The molecule has 39 valence electrons. The number of rotatable bonds is 1. The summed E-state index contributed by atoms with van der Waals surface area (Å²) in [5, 5.41) is 0. The van der Waals surface area contributed by atoms with E-state index in [2.05, 4.69) is 16.2 Å². The van der Waals surface area contributed by atoms with Gasteiger partial charge in [0.1, 0.15) is 17.7 Å². The van der Waals surface area contributed by atoms with Gasteiger partial charge < -0.3 is 4.29 Å². The molecule has 0 rings (SSSR count). The van der Waals surface area contributed by atoms with Crippen molar-refractivity contribution in [2.24, 2.45) is 0 Å². The Bertz CT molecular complexity index is 51.7. The molecule has 0 fully saturated rings. The smallest absolute Gasteiger partial charge is 0.339 e. The quantitative estimate of drug-likeness (QED) is 0.661. The van der Waals surface area contributed by atoms with Crippen molar-refractivity contribution < 1.29 is 44.7 Å². The molecule has 0 saturated carbocycles. The molecule has 2 nitrogen and oxygen atoms in total. The maximum absolute atomic E-state index is 9.69. The Labute approximate surface area is 79.3 Å². The Balaban J connectivity index is 0. The fraction of sp³-hybridized carbons (Fsp3) is 0.500. The Morgan fingerprint density at radius 1 is 1.71 bits per heavy atom. The summed E-state index contributed by atoms with van der Waals surface area (Å²) in [4.78, 5) is 9.69. The Kier molecular flexibility index (Phi) is 11.5. The van der Waals surface area contributed by atoms with Gasteiger partial charge >= 0.3 is 5.97 Å². The van der Waals surface area contributed by atoms with E-state index in [4.69, 9.17) is 11.6 Å². The van der Waals surface area contributed by atoms with Crippen molar-refractivity contribution in [3.8, 4) is 0 Å². The largest absolute Gasteiger partial charge is 0.346 e. The molecule has 0 aliphatic rings. The molecule has 0 bridgehead atoms. The van der Waals surface area contributed by atoms with E-state index in [0.717, 1.165) is 0 Å². The molecule has 0 aromatic rings. The minimum Gasteiger partial charge on any atom is -0.346 e. The predicted octanol–water partition coefficient (Wildman–Crippen LogP) is 0.922. The first-order valence-corrected chi connectivity index (χ1v) is 2.03. The van der Waals surface area contributed by atoms with Gasteiger partial charge in [-0.05, 0) is 0 Å². The fourth-order valence-corrected chi connectivity index (χ4v) is 0.186. The molecule has 0 aliphatic carbocycles. The van der Waals surface area contributed by atoms with Crippen molar-refractivity contribution >= 4 is 29.4 Å². The van der Waals surface area contributed by atoms with E-state index in [0.29, 0.717) is 0 Å². The van der Waals surface area contributed by atoms with Crippen molar-refractivity contribution in [3.05, 3.63) is 0 Å². The topological polar surface area (TPSA) is 26.3 Å². The number of hydrogen-bond donors (Lipinski definition) is 0. The summed E-state index contributed by atoms with van der Waals surface area (Å²) in [6.45, 7) is 0. The molecule has 0 aliphatic heterocycles. The zero-order valence-electron chi connectivity index (χ0n) is 3.36. The molecule has 0 spiro atoms. The van der Waals surface area contributed by atoms with Gasteiger partial charge in [0.15, 0.2) is 0 Å². The van der Waals surface area contributed by atoms with Crippen LogP contribution in [0.25, 0.3) is 0 Å². The predicted molar refractivity (Wildman–Crippen MR) is 22.7 cm³/mol. The third kappa shape index (κ3) is 7.24. The van der Waals surface area contributed by atoms with Gasteiger partial charge in [-0.2, -0.15) is 0 Å². The van der Waals surface area contributed by atoms with E-state index in [1.165, 1.54) is 0 Å². The van der Waals surface area contributed by atoms with Gasteiger partial charge in [-0.15, -0.1) is 11.6 Å². The number of hydrogen-bond acceptors (Lipinski definition) is 2. The van der Waals surface area contributed by atoms with Gasteiger partial charge in [0.2, 0.25) is 0 Å². The molecule has 0 unspecified atom stereocenters. The van der Waals surface area contributed by atoms with Gasteiger partial charge in [0.25, 0.3) is 0 Å². The molecule has 0 saturated heterocycles. The van der Waals surface area contributed by atoms with E-state index in [1.807, 2.05) is 0 Å². The number of halogens is 2. The zero-order chi connectivity index (χ0) is 4.99. The van der Waals surface area contributed by atoms with Crippen LogP contribution in [0.2, 0.25) is 0 Å². The molecule has 5 heteroatoms. The third-order valence-electron chi connectivity index (χ3n) is 0.195. The van der Waals surface area contributed by atoms with Gasteiger partial charge in [0, 0.05) is 35.6 Å². The van der Waals surface area contributed by atoms with E-state index < -0.39 is 5.97 Å². The van der Waals surface area contributed by atoms with Gasteiger partial charge in [-0.3, -0.25) is 0 Å². The van der Waals surface area contributed by atoms with Crippen molar-refractivity contribution in [3.63, 3.8) is 0 Å². The van der Waals surface area contributed by atoms with Crippen LogP contribution in [0.1, 0.15) is 0 Å². The number of carbonyl (C=O) groups excluding carboxylic acids is 1. The molecule has 0 aromatic carbocycles. The van der Waals surface area contributed by atoms with Crippen LogP contribution >= 0.6 is 23.5 Å². The van der Waals surface area contributed by atoms with Gasteiger partial charge in [-0.25, -0.2) is 4.79 Å². The van der Waals surface area contributed by atoms with Gasteiger partial charge in [-0.1, -0.05) is 0 Å². The Morgan fingerprint density at radius 3 is 2.14 bits per heavy atom. The van der Waals surface area contributed by atoms with Crippen molar-refractivity contribution in [2.75, 3.05) is 5.88 Å². The van der Waals surface area contributed by atoms with Crippen LogP contribution in [-0.2, 0) is 9.08 Å². The second-order valence-electron chi connectivity index (χ2n) is 0.583. The molecular formula is C2H2Cl2LaO2. The van der Waals surface area contributed by atoms with Crippen LogP contribution in [0.15, 0.2) is 0 Å². The first-order valence-electron chi connectivity index (χ1n) is 1.18. The minimum atomic E-state index is -0.627. The summed E-state index contributed by atoms with van der Waals surface area (Å²) in [6, 6.07) is 0. The SMILES string of the molecule is O=C(CCl)OCl.[La]. The summed E-state index contributed by atoms with van der Waals surface area (Å²) >= 11 is 9.41. The summed E-state index contributed by atoms with van der Waals surface area (Å²) in [5.74, 6) is -0.818. The number of carbonyl (C=O) groups is 1. The summed E-state index contributed by atoms with van der Waals surface area (Å²) in [6.07, 6.45) is 0. The third-order valence-corrected chi connectivity index (χ3v) is 0.585. The second-order valence-corrected chi connectivity index (χ2v) is 1.00. The molecule has 0 atom stereocenters. The van der Waals surface area contributed by atoms with Crippen LogP contribution < -0.4 is 0 Å². The van der Waals surface area contributed by atoms with Gasteiger partial charge in [0.05, 0.1) is 0 Å². The van der Waals surface area contributed by atoms with Crippen molar-refractivity contribution in [1.82, 2.24) is 0 Å². The normalized spacial score (nSPS) is 6.57. The maximum Gasteiger partial charge on any atom is 0.339 e. The molecule has 0 aromatic heterocycles. The van der Waals surface area contributed by atoms with Crippen LogP contribution in [0.3, 0.4) is 0 Å². The Hall–Kier alpha value is 1.24. The van der Waals surface area contributed by atoms with E-state index >= 15 is 0 Å². The monoisotopic (exact) mass is 267 g/mol. The first kappa shape index (κ1) is 11.1. The maximum atomic E-state index is 9.69. The molecule has 0 amide bonds. The molecular weight excluding hydrogens is 266 g/mol. The summed E-state index contributed by atoms with van der Waals surface area (Å²) in [5.41, 5.74) is 0. The Morgan fingerprint density at radius 2 is 2.14 bits per heavy atom. The molecule has 7 heavy (non-hydrogen) atoms. The van der Waals surface area contributed by atoms with E-state index in [1.54, 1.807) is 0 Å². The van der Waals surface area contributed by atoms with E-state index in [-0.39, 0.29) is 41.5 Å². The summed E-state index contributed by atoms with van der Waals surface area (Å²) in [7, 11) is 0. The zero-order valence-corrected chi connectivity index (χ0v) is 8.49.